The van der Waals surface area contributed by atoms with Crippen molar-refractivity contribution in [2.24, 2.45) is 5.73 Å². The Hall–Kier alpha value is -0.380. The predicted molar refractivity (Wildman–Crippen MR) is 59.6 cm³/mol. The third kappa shape index (κ3) is 2.16. The zero-order chi connectivity index (χ0) is 9.97. The van der Waals surface area contributed by atoms with Crippen molar-refractivity contribution in [3.63, 3.8) is 0 Å². The molecule has 3 heteroatoms. The van der Waals surface area contributed by atoms with Crippen LogP contribution in [0.15, 0.2) is 12.1 Å². The van der Waals surface area contributed by atoms with Crippen molar-refractivity contribution in [1.29, 1.82) is 0 Å². The average Bonchev–Trinajstić information content (AvgIpc) is 2.74. The lowest BCUT2D eigenvalue weighted by Crippen LogP contribution is -2.12. The summed E-state index contributed by atoms with van der Waals surface area (Å²) in [5.74, 6) is 0. The van der Waals surface area contributed by atoms with Crippen LogP contribution in [0.3, 0.4) is 0 Å². The van der Waals surface area contributed by atoms with Crippen LogP contribution < -0.4 is 5.73 Å². The molecule has 14 heavy (non-hydrogen) atoms. The van der Waals surface area contributed by atoms with Gasteiger partial charge < -0.3 is 10.5 Å². The molecule has 0 aromatic carbocycles. The molecule has 0 bridgehead atoms. The summed E-state index contributed by atoms with van der Waals surface area (Å²) in [5.41, 5.74) is 5.52. The number of hydrogen-bond donors (Lipinski definition) is 1. The quantitative estimate of drug-likeness (QED) is 0.834. The Balaban J connectivity index is 1.95. The summed E-state index contributed by atoms with van der Waals surface area (Å²) >= 11 is 1.85. The molecule has 78 valence electrons. The van der Waals surface area contributed by atoms with Crippen LogP contribution in [0.5, 0.6) is 0 Å². The summed E-state index contributed by atoms with van der Waals surface area (Å²) in [6.45, 7) is 2.88. The Morgan fingerprint density at radius 1 is 1.50 bits per heavy atom. The highest BCUT2D eigenvalue weighted by molar-refractivity contribution is 7.12. The van der Waals surface area contributed by atoms with Crippen molar-refractivity contribution in [3.05, 3.63) is 21.9 Å². The van der Waals surface area contributed by atoms with Gasteiger partial charge in [0.25, 0.3) is 0 Å². The van der Waals surface area contributed by atoms with Gasteiger partial charge in [0.15, 0.2) is 0 Å². The van der Waals surface area contributed by atoms with E-state index in [2.05, 4.69) is 19.1 Å². The van der Waals surface area contributed by atoms with Gasteiger partial charge in [-0.2, -0.15) is 0 Å². The molecule has 0 spiro atoms. The largest absolute Gasteiger partial charge is 0.369 e. The summed E-state index contributed by atoms with van der Waals surface area (Å²) < 4.78 is 5.93. The van der Waals surface area contributed by atoms with Gasteiger partial charge in [0.05, 0.1) is 12.2 Å². The molecular weight excluding hydrogens is 194 g/mol. The van der Waals surface area contributed by atoms with E-state index in [4.69, 9.17) is 10.5 Å². The van der Waals surface area contributed by atoms with Gasteiger partial charge >= 0.3 is 0 Å². The topological polar surface area (TPSA) is 35.2 Å². The molecular formula is C11H17NOS. The van der Waals surface area contributed by atoms with Crippen molar-refractivity contribution < 1.29 is 4.74 Å². The summed E-state index contributed by atoms with van der Waals surface area (Å²) in [4.78, 5) is 2.74. The summed E-state index contributed by atoms with van der Waals surface area (Å²) in [7, 11) is 0. The van der Waals surface area contributed by atoms with Gasteiger partial charge in [-0.05, 0) is 44.9 Å². The third-order valence-electron chi connectivity index (χ3n) is 2.67. The minimum absolute atomic E-state index is 0.338. The average molecular weight is 211 g/mol. The molecule has 1 saturated heterocycles. The normalized spacial score (nSPS) is 27.0. The van der Waals surface area contributed by atoms with E-state index in [-0.39, 0.29) is 0 Å². The van der Waals surface area contributed by atoms with Crippen molar-refractivity contribution in [3.8, 4) is 0 Å². The van der Waals surface area contributed by atoms with Crippen molar-refractivity contribution in [2.45, 2.75) is 38.4 Å². The van der Waals surface area contributed by atoms with E-state index in [1.165, 1.54) is 16.2 Å². The van der Waals surface area contributed by atoms with Gasteiger partial charge in [0.2, 0.25) is 0 Å². The molecule has 1 aliphatic heterocycles. The minimum Gasteiger partial charge on any atom is -0.369 e. The number of aryl methyl sites for hydroxylation is 1. The molecule has 0 amide bonds. The van der Waals surface area contributed by atoms with E-state index in [9.17, 15) is 0 Å². The first kappa shape index (κ1) is 10.1. The Kier molecular flexibility index (Phi) is 3.21. The zero-order valence-corrected chi connectivity index (χ0v) is 9.35. The van der Waals surface area contributed by atoms with Crippen molar-refractivity contribution in [1.82, 2.24) is 0 Å². The van der Waals surface area contributed by atoms with E-state index < -0.39 is 0 Å². The van der Waals surface area contributed by atoms with Gasteiger partial charge in [-0.3, -0.25) is 0 Å². The van der Waals surface area contributed by atoms with E-state index in [1.54, 1.807) is 0 Å². The molecule has 0 radical (unpaired) electrons. The zero-order valence-electron chi connectivity index (χ0n) is 8.53. The first-order chi connectivity index (χ1) is 6.79. The number of rotatable bonds is 3. The molecule has 1 aromatic rings. The number of hydrogen-bond acceptors (Lipinski definition) is 3. The van der Waals surface area contributed by atoms with Gasteiger partial charge in [-0.15, -0.1) is 11.3 Å². The highest BCUT2D eigenvalue weighted by Gasteiger charge is 2.26. The van der Waals surface area contributed by atoms with E-state index in [1.807, 2.05) is 11.3 Å². The first-order valence-corrected chi connectivity index (χ1v) is 6.03. The molecule has 2 rings (SSSR count). The number of ether oxygens (including phenoxy) is 1. The molecule has 0 saturated carbocycles. The SMILES string of the molecule is Cc1ccc(C2CCC(CCN)O2)s1. The van der Waals surface area contributed by atoms with Crippen LogP contribution in [0.4, 0.5) is 0 Å². The van der Waals surface area contributed by atoms with Gasteiger partial charge in [-0.1, -0.05) is 0 Å². The van der Waals surface area contributed by atoms with Gasteiger partial charge in [0.1, 0.15) is 0 Å². The predicted octanol–water partition coefficient (Wildman–Crippen LogP) is 2.63. The fraction of sp³-hybridized carbons (Fsp3) is 0.636. The van der Waals surface area contributed by atoms with E-state index in [0.717, 1.165) is 19.4 Å². The Labute approximate surface area is 89.1 Å². The highest BCUT2D eigenvalue weighted by Crippen LogP contribution is 2.36. The van der Waals surface area contributed by atoms with E-state index in [0.29, 0.717) is 12.2 Å². The molecule has 0 aliphatic carbocycles. The van der Waals surface area contributed by atoms with Crippen LogP contribution in [0, 0.1) is 6.92 Å². The fourth-order valence-corrected chi connectivity index (χ4v) is 2.89. The minimum atomic E-state index is 0.338. The maximum Gasteiger partial charge on any atom is 0.0921 e. The highest BCUT2D eigenvalue weighted by atomic mass is 32.1. The molecule has 2 N–H and O–H groups in total. The Bertz CT molecular complexity index is 297. The molecule has 2 heterocycles. The second kappa shape index (κ2) is 4.43. The standard InChI is InChI=1S/C11H17NOS/c1-8-2-5-11(14-8)10-4-3-9(13-10)6-7-12/h2,5,9-10H,3-4,6-7,12H2,1H3. The third-order valence-corrected chi connectivity index (χ3v) is 3.77. The Morgan fingerprint density at radius 3 is 3.00 bits per heavy atom. The van der Waals surface area contributed by atoms with Gasteiger partial charge in [-0.25, -0.2) is 0 Å². The van der Waals surface area contributed by atoms with Crippen LogP contribution in [-0.2, 0) is 4.74 Å². The van der Waals surface area contributed by atoms with Crippen molar-refractivity contribution in [2.75, 3.05) is 6.54 Å². The van der Waals surface area contributed by atoms with Crippen LogP contribution in [-0.4, -0.2) is 12.6 Å². The summed E-state index contributed by atoms with van der Waals surface area (Å²) in [6, 6.07) is 4.36. The molecule has 2 nitrogen and oxygen atoms in total. The molecule has 2 atom stereocenters. The second-order valence-corrected chi connectivity index (χ2v) is 5.17. The van der Waals surface area contributed by atoms with E-state index >= 15 is 0 Å². The summed E-state index contributed by atoms with van der Waals surface area (Å²) in [5, 5.41) is 0. The fourth-order valence-electron chi connectivity index (χ4n) is 1.94. The van der Waals surface area contributed by atoms with Crippen LogP contribution in [0.25, 0.3) is 0 Å². The lowest BCUT2D eigenvalue weighted by molar-refractivity contribution is 0.0434. The molecule has 1 aromatic heterocycles. The lowest BCUT2D eigenvalue weighted by Gasteiger charge is -2.11. The van der Waals surface area contributed by atoms with Crippen LogP contribution >= 0.6 is 11.3 Å². The second-order valence-electron chi connectivity index (χ2n) is 3.85. The van der Waals surface area contributed by atoms with Crippen LogP contribution in [0.1, 0.15) is 35.1 Å². The molecule has 1 aliphatic rings. The monoisotopic (exact) mass is 211 g/mol. The maximum atomic E-state index is 5.93. The van der Waals surface area contributed by atoms with Gasteiger partial charge in [0, 0.05) is 9.75 Å². The smallest absolute Gasteiger partial charge is 0.0921 e. The van der Waals surface area contributed by atoms with Crippen molar-refractivity contribution >= 4 is 11.3 Å². The van der Waals surface area contributed by atoms with Crippen LogP contribution in [0.2, 0.25) is 0 Å². The number of nitrogens with two attached hydrogens (primary N) is 1. The Morgan fingerprint density at radius 2 is 2.36 bits per heavy atom. The molecule has 2 unspecified atom stereocenters. The summed E-state index contributed by atoms with van der Waals surface area (Å²) in [6.07, 6.45) is 4.06. The number of thiophene rings is 1. The first-order valence-electron chi connectivity index (χ1n) is 5.21. The lowest BCUT2D eigenvalue weighted by atomic mass is 10.1. The maximum absolute atomic E-state index is 5.93. The molecule has 1 fully saturated rings.